The predicted octanol–water partition coefficient (Wildman–Crippen LogP) is 1.28. The van der Waals surface area contributed by atoms with E-state index in [2.05, 4.69) is 11.6 Å². The van der Waals surface area contributed by atoms with Crippen molar-refractivity contribution in [2.45, 2.75) is 20.1 Å². The van der Waals surface area contributed by atoms with Crippen molar-refractivity contribution in [1.29, 1.82) is 0 Å². The maximum atomic E-state index is 9.78. The fourth-order valence-electron chi connectivity index (χ4n) is 0.635. The third kappa shape index (κ3) is 8.95. The van der Waals surface area contributed by atoms with E-state index in [0.717, 1.165) is 5.57 Å². The molecular weight excluding hydrogens is 170 g/mol. The first-order valence-electron chi connectivity index (χ1n) is 4.07. The molecule has 0 bridgehead atoms. The van der Waals surface area contributed by atoms with Gasteiger partial charge in [-0.05, 0) is 13.8 Å². The second kappa shape index (κ2) is 7.68. The highest BCUT2D eigenvalue weighted by Gasteiger charge is 1.97. The summed E-state index contributed by atoms with van der Waals surface area (Å²) in [5.41, 5.74) is 0.971. The van der Waals surface area contributed by atoms with E-state index in [1.807, 2.05) is 6.92 Å². The van der Waals surface area contributed by atoms with Gasteiger partial charge in [-0.15, -0.1) is 0 Å². The van der Waals surface area contributed by atoms with Crippen LogP contribution in [0, 0.1) is 0 Å². The first-order valence-corrected chi connectivity index (χ1v) is 4.07. The van der Waals surface area contributed by atoms with Gasteiger partial charge in [0.15, 0.2) is 6.23 Å². The molecule has 0 radical (unpaired) electrons. The van der Waals surface area contributed by atoms with Gasteiger partial charge in [-0.1, -0.05) is 12.2 Å². The molecule has 1 unspecified atom stereocenters. The average molecular weight is 185 g/mol. The maximum absolute atomic E-state index is 9.78. The standard InChI is InChI=1S/C9H15NO3/c1-8(2)6-12-4-5-13-9(3)10-7-11/h9H,1,4-6H2,2-3H3. The SMILES string of the molecule is C=C(C)COCCOC(C)N=C=O. The van der Waals surface area contributed by atoms with E-state index in [4.69, 9.17) is 9.47 Å². The molecule has 0 heterocycles. The Morgan fingerprint density at radius 1 is 1.62 bits per heavy atom. The minimum Gasteiger partial charge on any atom is -0.375 e. The molecule has 0 aliphatic carbocycles. The molecule has 0 aliphatic rings. The second-order valence-corrected chi connectivity index (χ2v) is 2.70. The summed E-state index contributed by atoms with van der Waals surface area (Å²) in [6.45, 7) is 8.67. The summed E-state index contributed by atoms with van der Waals surface area (Å²) in [5, 5.41) is 0. The van der Waals surface area contributed by atoms with E-state index in [9.17, 15) is 4.79 Å². The Bertz CT molecular complexity index is 197. The molecule has 0 saturated carbocycles. The maximum Gasteiger partial charge on any atom is 0.237 e. The summed E-state index contributed by atoms with van der Waals surface area (Å²) in [4.78, 5) is 13.1. The van der Waals surface area contributed by atoms with E-state index < -0.39 is 6.23 Å². The van der Waals surface area contributed by atoms with Crippen LogP contribution in [0.15, 0.2) is 17.1 Å². The molecule has 13 heavy (non-hydrogen) atoms. The zero-order valence-electron chi connectivity index (χ0n) is 8.08. The summed E-state index contributed by atoms with van der Waals surface area (Å²) < 4.78 is 10.2. The topological polar surface area (TPSA) is 47.9 Å². The largest absolute Gasteiger partial charge is 0.375 e. The van der Waals surface area contributed by atoms with Crippen LogP contribution >= 0.6 is 0 Å². The number of rotatable bonds is 7. The number of aliphatic imine (C=N–C) groups is 1. The highest BCUT2D eigenvalue weighted by molar-refractivity contribution is 5.32. The molecule has 0 spiro atoms. The lowest BCUT2D eigenvalue weighted by molar-refractivity contribution is 0.0216. The van der Waals surface area contributed by atoms with Gasteiger partial charge < -0.3 is 9.47 Å². The fraction of sp³-hybridized carbons (Fsp3) is 0.667. The zero-order valence-corrected chi connectivity index (χ0v) is 8.08. The Labute approximate surface area is 78.3 Å². The van der Waals surface area contributed by atoms with Crippen LogP contribution < -0.4 is 0 Å². The van der Waals surface area contributed by atoms with Gasteiger partial charge >= 0.3 is 0 Å². The summed E-state index contributed by atoms with van der Waals surface area (Å²) in [6, 6.07) is 0. The van der Waals surface area contributed by atoms with Gasteiger partial charge in [-0.2, -0.15) is 4.99 Å². The molecule has 0 aromatic rings. The van der Waals surface area contributed by atoms with E-state index in [-0.39, 0.29) is 0 Å². The molecular formula is C9H15NO3. The van der Waals surface area contributed by atoms with Gasteiger partial charge in [0, 0.05) is 0 Å². The van der Waals surface area contributed by atoms with Crippen LogP contribution in [-0.4, -0.2) is 32.1 Å². The Hall–Kier alpha value is -0.960. The Morgan fingerprint density at radius 3 is 2.85 bits per heavy atom. The first-order chi connectivity index (χ1) is 6.16. The smallest absolute Gasteiger partial charge is 0.237 e. The molecule has 0 amide bonds. The van der Waals surface area contributed by atoms with Gasteiger partial charge in [0.1, 0.15) is 0 Å². The van der Waals surface area contributed by atoms with E-state index in [1.165, 1.54) is 6.08 Å². The first kappa shape index (κ1) is 12.0. The average Bonchev–Trinajstić information content (AvgIpc) is 2.03. The van der Waals surface area contributed by atoms with Crippen molar-refractivity contribution >= 4 is 6.08 Å². The minimum absolute atomic E-state index is 0.416. The van der Waals surface area contributed by atoms with Crippen molar-refractivity contribution < 1.29 is 14.3 Å². The lowest BCUT2D eigenvalue weighted by atomic mass is 10.4. The van der Waals surface area contributed by atoms with Crippen LogP contribution in [0.3, 0.4) is 0 Å². The van der Waals surface area contributed by atoms with Gasteiger partial charge in [0.05, 0.1) is 19.8 Å². The van der Waals surface area contributed by atoms with Crippen molar-refractivity contribution in [3.8, 4) is 0 Å². The Kier molecular flexibility index (Phi) is 7.11. The van der Waals surface area contributed by atoms with Crippen molar-refractivity contribution in [3.63, 3.8) is 0 Å². The molecule has 0 fully saturated rings. The van der Waals surface area contributed by atoms with Crippen LogP contribution in [0.4, 0.5) is 0 Å². The number of carbonyl (C=O) groups excluding carboxylic acids is 1. The molecule has 0 aromatic heterocycles. The van der Waals surface area contributed by atoms with Crippen LogP contribution in [0.5, 0.6) is 0 Å². The summed E-state index contributed by atoms with van der Waals surface area (Å²) in [6.07, 6.45) is 0.983. The molecule has 0 aromatic carbocycles. The van der Waals surface area contributed by atoms with Gasteiger partial charge in [0.25, 0.3) is 0 Å². The van der Waals surface area contributed by atoms with Crippen molar-refractivity contribution in [1.82, 2.24) is 0 Å². The molecule has 74 valence electrons. The van der Waals surface area contributed by atoms with Crippen molar-refractivity contribution in [3.05, 3.63) is 12.2 Å². The monoisotopic (exact) mass is 185 g/mol. The number of isocyanates is 1. The van der Waals surface area contributed by atoms with Crippen molar-refractivity contribution in [2.24, 2.45) is 4.99 Å². The van der Waals surface area contributed by atoms with Crippen LogP contribution in [-0.2, 0) is 14.3 Å². The predicted molar refractivity (Wildman–Crippen MR) is 49.2 cm³/mol. The third-order valence-electron chi connectivity index (χ3n) is 1.17. The number of hydrogen-bond acceptors (Lipinski definition) is 4. The quantitative estimate of drug-likeness (QED) is 0.260. The van der Waals surface area contributed by atoms with Gasteiger partial charge in [-0.3, -0.25) is 0 Å². The number of hydrogen-bond donors (Lipinski definition) is 0. The fourth-order valence-corrected chi connectivity index (χ4v) is 0.635. The second-order valence-electron chi connectivity index (χ2n) is 2.70. The van der Waals surface area contributed by atoms with Crippen LogP contribution in [0.1, 0.15) is 13.8 Å². The Balaban J connectivity index is 3.25. The molecule has 0 saturated heterocycles. The van der Waals surface area contributed by atoms with Gasteiger partial charge in [-0.25, -0.2) is 4.79 Å². The summed E-state index contributed by atoms with van der Waals surface area (Å²) in [7, 11) is 0. The van der Waals surface area contributed by atoms with Crippen LogP contribution in [0.2, 0.25) is 0 Å². The minimum atomic E-state index is -0.439. The van der Waals surface area contributed by atoms with Crippen molar-refractivity contribution in [2.75, 3.05) is 19.8 Å². The summed E-state index contributed by atoms with van der Waals surface area (Å²) in [5.74, 6) is 0. The molecule has 0 N–H and O–H groups in total. The molecule has 0 aliphatic heterocycles. The third-order valence-corrected chi connectivity index (χ3v) is 1.17. The lowest BCUT2D eigenvalue weighted by Crippen LogP contribution is -2.11. The van der Waals surface area contributed by atoms with E-state index in [0.29, 0.717) is 19.8 Å². The van der Waals surface area contributed by atoms with Crippen LogP contribution in [0.25, 0.3) is 0 Å². The highest BCUT2D eigenvalue weighted by atomic mass is 16.5. The van der Waals surface area contributed by atoms with E-state index >= 15 is 0 Å². The summed E-state index contributed by atoms with van der Waals surface area (Å²) >= 11 is 0. The lowest BCUT2D eigenvalue weighted by Gasteiger charge is -2.06. The molecule has 4 nitrogen and oxygen atoms in total. The highest BCUT2D eigenvalue weighted by Crippen LogP contribution is 1.92. The molecule has 4 heteroatoms. The number of ether oxygens (including phenoxy) is 2. The number of nitrogens with zero attached hydrogens (tertiary/aromatic N) is 1. The molecule has 0 rings (SSSR count). The van der Waals surface area contributed by atoms with Gasteiger partial charge in [0.2, 0.25) is 6.08 Å². The molecule has 1 atom stereocenters. The normalized spacial score (nSPS) is 11.8. The van der Waals surface area contributed by atoms with E-state index in [1.54, 1.807) is 6.92 Å². The zero-order chi connectivity index (χ0) is 10.1. The Morgan fingerprint density at radius 2 is 2.31 bits per heavy atom.